The lowest BCUT2D eigenvalue weighted by Crippen LogP contribution is -2.22. The molecule has 1 aromatic heterocycles. The number of hydrogen-bond donors (Lipinski definition) is 2. The van der Waals surface area contributed by atoms with E-state index in [1.54, 1.807) is 0 Å². The maximum Gasteiger partial charge on any atom is 0.239 e. The van der Waals surface area contributed by atoms with Gasteiger partial charge in [-0.2, -0.15) is 4.98 Å². The first-order chi connectivity index (χ1) is 8.78. The lowest BCUT2D eigenvalue weighted by molar-refractivity contribution is 0.659. The number of aromatic nitrogens is 2. The molecule has 0 aliphatic carbocycles. The van der Waals surface area contributed by atoms with Crippen molar-refractivity contribution < 1.29 is 0 Å². The molecule has 3 N–H and O–H groups in total. The zero-order valence-corrected chi connectivity index (χ0v) is 10.4. The summed E-state index contributed by atoms with van der Waals surface area (Å²) in [6.45, 7) is 4.36. The van der Waals surface area contributed by atoms with Crippen molar-refractivity contribution in [2.24, 2.45) is 11.8 Å². The summed E-state index contributed by atoms with van der Waals surface area (Å²) in [6, 6.07) is 8.05. The molecule has 1 aliphatic heterocycles. The monoisotopic (exact) mass is 243 g/mol. The number of nitrogens with one attached hydrogen (secondary N) is 1. The van der Waals surface area contributed by atoms with Crippen LogP contribution in [-0.4, -0.2) is 23.1 Å². The van der Waals surface area contributed by atoms with E-state index in [0.29, 0.717) is 11.9 Å². The van der Waals surface area contributed by atoms with Gasteiger partial charge in [0.15, 0.2) is 0 Å². The minimum absolute atomic E-state index is 0.475. The quantitative estimate of drug-likeness (QED) is 0.621. The first-order valence-electron chi connectivity index (χ1n) is 6.26. The predicted octanol–water partition coefficient (Wildman–Crippen LogP) is 1.76. The van der Waals surface area contributed by atoms with Gasteiger partial charge in [0, 0.05) is 18.5 Å². The molecule has 0 spiro atoms. The fraction of sp³-hybridized carbons (Fsp3) is 0.385. The Hall–Kier alpha value is -1.88. The summed E-state index contributed by atoms with van der Waals surface area (Å²) in [6.07, 6.45) is 1.21. The van der Waals surface area contributed by atoms with Crippen molar-refractivity contribution in [2.75, 3.05) is 23.4 Å². The van der Waals surface area contributed by atoms with Gasteiger partial charge in [0.05, 0.1) is 5.52 Å². The van der Waals surface area contributed by atoms with E-state index in [4.69, 9.17) is 5.84 Å². The highest BCUT2D eigenvalue weighted by atomic mass is 15.3. The number of nitrogens with zero attached hydrogens (tertiary/aromatic N) is 3. The topological polar surface area (TPSA) is 67.1 Å². The number of benzene rings is 1. The highest BCUT2D eigenvalue weighted by molar-refractivity contribution is 5.90. The Kier molecular flexibility index (Phi) is 2.76. The maximum atomic E-state index is 5.44. The lowest BCUT2D eigenvalue weighted by atomic mass is 10.2. The third-order valence-electron chi connectivity index (χ3n) is 3.44. The smallest absolute Gasteiger partial charge is 0.239 e. The van der Waals surface area contributed by atoms with E-state index in [0.717, 1.165) is 29.8 Å². The van der Waals surface area contributed by atoms with Gasteiger partial charge in [-0.25, -0.2) is 10.8 Å². The van der Waals surface area contributed by atoms with Crippen LogP contribution in [0.25, 0.3) is 10.9 Å². The van der Waals surface area contributed by atoms with E-state index in [-0.39, 0.29) is 0 Å². The third-order valence-corrected chi connectivity index (χ3v) is 3.44. The zero-order valence-electron chi connectivity index (χ0n) is 10.4. The predicted molar refractivity (Wildman–Crippen MR) is 73.3 cm³/mol. The number of fused-ring (bicyclic) bond motifs is 1. The van der Waals surface area contributed by atoms with Crippen LogP contribution in [0.4, 0.5) is 11.8 Å². The van der Waals surface area contributed by atoms with Crippen LogP contribution >= 0.6 is 0 Å². The van der Waals surface area contributed by atoms with Gasteiger partial charge in [-0.3, -0.25) is 5.43 Å². The van der Waals surface area contributed by atoms with E-state index >= 15 is 0 Å². The number of para-hydroxylation sites is 1. The van der Waals surface area contributed by atoms with Crippen molar-refractivity contribution >= 4 is 22.7 Å². The van der Waals surface area contributed by atoms with Crippen molar-refractivity contribution in [1.82, 2.24) is 9.97 Å². The molecule has 1 aliphatic rings. The average molecular weight is 243 g/mol. The summed E-state index contributed by atoms with van der Waals surface area (Å²) >= 11 is 0. The van der Waals surface area contributed by atoms with Gasteiger partial charge < -0.3 is 4.90 Å². The number of nitrogens with two attached hydrogens (primary N) is 1. The first-order valence-corrected chi connectivity index (χ1v) is 6.26. The van der Waals surface area contributed by atoms with Gasteiger partial charge in [0.25, 0.3) is 0 Å². The van der Waals surface area contributed by atoms with Crippen LogP contribution in [0.1, 0.15) is 13.3 Å². The molecule has 1 unspecified atom stereocenters. The number of anilines is 2. The lowest BCUT2D eigenvalue weighted by Gasteiger charge is -2.19. The van der Waals surface area contributed by atoms with Gasteiger partial charge >= 0.3 is 0 Å². The SMILES string of the molecule is CC1CCN(c2nc(NN)nc3ccccc23)C1. The van der Waals surface area contributed by atoms with Gasteiger partial charge in [-0.1, -0.05) is 19.1 Å². The zero-order chi connectivity index (χ0) is 12.5. The fourth-order valence-corrected chi connectivity index (χ4v) is 2.49. The maximum absolute atomic E-state index is 5.44. The molecule has 0 bridgehead atoms. The van der Waals surface area contributed by atoms with E-state index in [1.165, 1.54) is 6.42 Å². The van der Waals surface area contributed by atoms with E-state index < -0.39 is 0 Å². The molecule has 1 fully saturated rings. The van der Waals surface area contributed by atoms with Crippen LogP contribution in [0, 0.1) is 5.92 Å². The van der Waals surface area contributed by atoms with Crippen molar-refractivity contribution in [3.63, 3.8) is 0 Å². The van der Waals surface area contributed by atoms with Crippen LogP contribution < -0.4 is 16.2 Å². The van der Waals surface area contributed by atoms with Crippen molar-refractivity contribution in [1.29, 1.82) is 0 Å². The molecule has 5 heteroatoms. The molecule has 1 atom stereocenters. The second kappa shape index (κ2) is 4.42. The van der Waals surface area contributed by atoms with Crippen LogP contribution in [0.2, 0.25) is 0 Å². The van der Waals surface area contributed by atoms with Crippen LogP contribution in [0.3, 0.4) is 0 Å². The Morgan fingerprint density at radius 1 is 1.33 bits per heavy atom. The Bertz CT molecular complexity index is 568. The third kappa shape index (κ3) is 1.86. The molecule has 0 radical (unpaired) electrons. The Morgan fingerprint density at radius 2 is 2.17 bits per heavy atom. The minimum Gasteiger partial charge on any atom is -0.356 e. The first kappa shape index (κ1) is 11.2. The molecule has 3 rings (SSSR count). The average Bonchev–Trinajstić information content (AvgIpc) is 2.84. The van der Waals surface area contributed by atoms with E-state index in [1.807, 2.05) is 18.2 Å². The van der Waals surface area contributed by atoms with E-state index in [2.05, 4.69) is 33.3 Å². The van der Waals surface area contributed by atoms with E-state index in [9.17, 15) is 0 Å². The Labute approximate surface area is 106 Å². The standard InChI is InChI=1S/C13H17N5/c1-9-6-7-18(8-9)12-10-4-2-3-5-11(10)15-13(16-12)17-14/h2-5,9H,6-8,14H2,1H3,(H,15,16,17). The highest BCUT2D eigenvalue weighted by Gasteiger charge is 2.22. The van der Waals surface area contributed by atoms with Crippen molar-refractivity contribution in [3.8, 4) is 0 Å². The Balaban J connectivity index is 2.13. The fourth-order valence-electron chi connectivity index (χ4n) is 2.49. The van der Waals surface area contributed by atoms with Crippen LogP contribution in [0.5, 0.6) is 0 Å². The number of hydrogen-bond acceptors (Lipinski definition) is 5. The number of hydrazine groups is 1. The second-order valence-electron chi connectivity index (χ2n) is 4.87. The largest absolute Gasteiger partial charge is 0.356 e. The van der Waals surface area contributed by atoms with Gasteiger partial charge in [-0.05, 0) is 24.5 Å². The molecular weight excluding hydrogens is 226 g/mol. The Morgan fingerprint density at radius 3 is 2.89 bits per heavy atom. The molecule has 5 nitrogen and oxygen atoms in total. The molecule has 18 heavy (non-hydrogen) atoms. The van der Waals surface area contributed by atoms with Crippen molar-refractivity contribution in [2.45, 2.75) is 13.3 Å². The minimum atomic E-state index is 0.475. The number of rotatable bonds is 2. The van der Waals surface area contributed by atoms with Gasteiger partial charge in [0.2, 0.25) is 5.95 Å². The summed E-state index contributed by atoms with van der Waals surface area (Å²) in [5, 5.41) is 1.09. The highest BCUT2D eigenvalue weighted by Crippen LogP contribution is 2.29. The van der Waals surface area contributed by atoms with Crippen LogP contribution in [0.15, 0.2) is 24.3 Å². The molecule has 2 aromatic rings. The molecule has 94 valence electrons. The van der Waals surface area contributed by atoms with Crippen LogP contribution in [-0.2, 0) is 0 Å². The molecule has 1 saturated heterocycles. The molecular formula is C13H17N5. The summed E-state index contributed by atoms with van der Waals surface area (Å²) in [7, 11) is 0. The second-order valence-corrected chi connectivity index (χ2v) is 4.87. The summed E-state index contributed by atoms with van der Waals surface area (Å²) in [5.41, 5.74) is 3.47. The summed E-state index contributed by atoms with van der Waals surface area (Å²) < 4.78 is 0. The normalized spacial score (nSPS) is 19.4. The van der Waals surface area contributed by atoms with Crippen molar-refractivity contribution in [3.05, 3.63) is 24.3 Å². The number of nitrogen functional groups attached to an aromatic ring is 1. The summed E-state index contributed by atoms with van der Waals surface area (Å²) in [4.78, 5) is 11.2. The summed E-state index contributed by atoms with van der Waals surface area (Å²) in [5.74, 6) is 7.62. The van der Waals surface area contributed by atoms with Gasteiger partial charge in [-0.15, -0.1) is 0 Å². The van der Waals surface area contributed by atoms with Gasteiger partial charge in [0.1, 0.15) is 5.82 Å². The molecule has 0 amide bonds. The molecule has 2 heterocycles. The molecule has 1 aromatic carbocycles. The molecule has 0 saturated carbocycles.